The SMILES string of the molecule is Cc1ccc(S(=O)(=O)Cl)c(C)c1C(=O)O. The molecule has 0 atom stereocenters. The number of carboxylic acid groups (broad SMARTS) is 1. The zero-order chi connectivity index (χ0) is 11.8. The van der Waals surface area contributed by atoms with Gasteiger partial charge in [-0.15, -0.1) is 0 Å². The molecule has 15 heavy (non-hydrogen) atoms. The van der Waals surface area contributed by atoms with Crippen molar-refractivity contribution in [3.63, 3.8) is 0 Å². The Bertz CT molecular complexity index is 519. The van der Waals surface area contributed by atoms with Gasteiger partial charge in [-0.2, -0.15) is 0 Å². The number of carbonyl (C=O) groups is 1. The fourth-order valence-corrected chi connectivity index (χ4v) is 2.62. The molecule has 0 aliphatic rings. The van der Waals surface area contributed by atoms with Gasteiger partial charge in [-0.3, -0.25) is 0 Å². The molecule has 0 aliphatic carbocycles. The van der Waals surface area contributed by atoms with Gasteiger partial charge in [-0.1, -0.05) is 6.07 Å². The maximum Gasteiger partial charge on any atom is 0.336 e. The molecule has 82 valence electrons. The Morgan fingerprint density at radius 2 is 1.87 bits per heavy atom. The summed E-state index contributed by atoms with van der Waals surface area (Å²) in [6, 6.07) is 2.73. The van der Waals surface area contributed by atoms with E-state index in [-0.39, 0.29) is 16.0 Å². The van der Waals surface area contributed by atoms with Crippen molar-refractivity contribution >= 4 is 25.7 Å². The number of aromatic carboxylic acids is 1. The minimum Gasteiger partial charge on any atom is -0.478 e. The minimum atomic E-state index is -3.90. The van der Waals surface area contributed by atoms with Crippen LogP contribution < -0.4 is 0 Å². The minimum absolute atomic E-state index is 0.0169. The molecular formula is C9H9ClO4S. The van der Waals surface area contributed by atoms with Gasteiger partial charge in [0.25, 0.3) is 9.05 Å². The van der Waals surface area contributed by atoms with Crippen LogP contribution in [0, 0.1) is 13.8 Å². The summed E-state index contributed by atoms with van der Waals surface area (Å²) in [5.74, 6) is -1.16. The Balaban J connectivity index is 3.64. The van der Waals surface area contributed by atoms with Crippen LogP contribution >= 0.6 is 10.7 Å². The lowest BCUT2D eigenvalue weighted by atomic mass is 10.0. The fourth-order valence-electron chi connectivity index (χ4n) is 1.42. The number of hydrogen-bond acceptors (Lipinski definition) is 3. The second-order valence-corrected chi connectivity index (χ2v) is 5.66. The maximum atomic E-state index is 11.1. The Morgan fingerprint density at radius 1 is 1.33 bits per heavy atom. The maximum absolute atomic E-state index is 11.1. The summed E-state index contributed by atoms with van der Waals surface area (Å²) in [5, 5.41) is 8.90. The molecule has 1 N–H and O–H groups in total. The number of hydrogen-bond donors (Lipinski definition) is 1. The van der Waals surface area contributed by atoms with Crippen LogP contribution in [0.3, 0.4) is 0 Å². The van der Waals surface area contributed by atoms with Crippen LogP contribution in [-0.2, 0) is 9.05 Å². The van der Waals surface area contributed by atoms with E-state index in [1.807, 2.05) is 0 Å². The first kappa shape index (κ1) is 12.0. The van der Waals surface area contributed by atoms with Crippen molar-refractivity contribution in [3.8, 4) is 0 Å². The molecule has 0 spiro atoms. The van der Waals surface area contributed by atoms with Crippen molar-refractivity contribution in [2.45, 2.75) is 18.7 Å². The predicted molar refractivity (Wildman–Crippen MR) is 55.9 cm³/mol. The molecule has 4 nitrogen and oxygen atoms in total. The van der Waals surface area contributed by atoms with Crippen LogP contribution in [0.15, 0.2) is 17.0 Å². The average Bonchev–Trinajstić information content (AvgIpc) is 2.00. The molecule has 0 fully saturated rings. The molecule has 6 heteroatoms. The molecule has 0 saturated carbocycles. The lowest BCUT2D eigenvalue weighted by molar-refractivity contribution is 0.0695. The van der Waals surface area contributed by atoms with E-state index in [9.17, 15) is 13.2 Å². The summed E-state index contributed by atoms with van der Waals surface area (Å²) in [7, 11) is 1.27. The van der Waals surface area contributed by atoms with Gasteiger partial charge in [0, 0.05) is 10.7 Å². The zero-order valence-corrected chi connectivity index (χ0v) is 9.69. The number of benzene rings is 1. The lowest BCUT2D eigenvalue weighted by Gasteiger charge is -2.08. The molecule has 1 rings (SSSR count). The average molecular weight is 249 g/mol. The standard InChI is InChI=1S/C9H9ClO4S/c1-5-3-4-7(15(10,13)14)6(2)8(5)9(11)12/h3-4H,1-2H3,(H,11,12). The van der Waals surface area contributed by atoms with Crippen LogP contribution in [0.5, 0.6) is 0 Å². The predicted octanol–water partition coefficient (Wildman–Crippen LogP) is 1.93. The van der Waals surface area contributed by atoms with Gasteiger partial charge in [0.15, 0.2) is 0 Å². The first-order valence-electron chi connectivity index (χ1n) is 4.03. The molecule has 0 unspecified atom stereocenters. The lowest BCUT2D eigenvalue weighted by Crippen LogP contribution is -2.07. The van der Waals surface area contributed by atoms with E-state index in [0.717, 1.165) is 0 Å². The molecule has 0 saturated heterocycles. The van der Waals surface area contributed by atoms with Crippen molar-refractivity contribution in [1.82, 2.24) is 0 Å². The van der Waals surface area contributed by atoms with Gasteiger partial charge in [-0.25, -0.2) is 13.2 Å². The van der Waals surface area contributed by atoms with Crippen LogP contribution in [0.4, 0.5) is 0 Å². The number of carboxylic acids is 1. The molecule has 1 aromatic carbocycles. The van der Waals surface area contributed by atoms with E-state index in [0.29, 0.717) is 5.56 Å². The highest BCUT2D eigenvalue weighted by Gasteiger charge is 2.20. The van der Waals surface area contributed by atoms with Crippen LogP contribution in [-0.4, -0.2) is 19.5 Å². The molecule has 0 heterocycles. The molecule has 0 bridgehead atoms. The van der Waals surface area contributed by atoms with Gasteiger partial charge < -0.3 is 5.11 Å². The quantitative estimate of drug-likeness (QED) is 0.812. The smallest absolute Gasteiger partial charge is 0.336 e. The van der Waals surface area contributed by atoms with Gasteiger partial charge >= 0.3 is 5.97 Å². The first-order chi connectivity index (χ1) is 6.75. The van der Waals surface area contributed by atoms with Crippen molar-refractivity contribution in [2.75, 3.05) is 0 Å². The third-order valence-corrected chi connectivity index (χ3v) is 3.57. The Kier molecular flexibility index (Phi) is 3.06. The number of aryl methyl sites for hydroxylation is 1. The second kappa shape index (κ2) is 3.83. The molecule has 0 aromatic heterocycles. The molecule has 0 radical (unpaired) electrons. The molecule has 1 aromatic rings. The van der Waals surface area contributed by atoms with Gasteiger partial charge in [0.2, 0.25) is 0 Å². The van der Waals surface area contributed by atoms with Crippen molar-refractivity contribution in [3.05, 3.63) is 28.8 Å². The highest BCUT2D eigenvalue weighted by atomic mass is 35.7. The summed E-state index contributed by atoms with van der Waals surface area (Å²) in [4.78, 5) is 10.7. The van der Waals surface area contributed by atoms with E-state index in [4.69, 9.17) is 15.8 Å². The van der Waals surface area contributed by atoms with Crippen molar-refractivity contribution in [2.24, 2.45) is 0 Å². The summed E-state index contributed by atoms with van der Waals surface area (Å²) in [5.41, 5.74) is 0.651. The van der Waals surface area contributed by atoms with Gasteiger partial charge in [0.1, 0.15) is 0 Å². The highest BCUT2D eigenvalue weighted by molar-refractivity contribution is 8.13. The number of rotatable bonds is 2. The summed E-state index contributed by atoms with van der Waals surface area (Å²) >= 11 is 0. The topological polar surface area (TPSA) is 71.4 Å². The van der Waals surface area contributed by atoms with E-state index >= 15 is 0 Å². The van der Waals surface area contributed by atoms with Crippen LogP contribution in [0.1, 0.15) is 21.5 Å². The van der Waals surface area contributed by atoms with E-state index in [1.165, 1.54) is 19.1 Å². The third-order valence-electron chi connectivity index (χ3n) is 2.10. The fraction of sp³-hybridized carbons (Fsp3) is 0.222. The third kappa shape index (κ3) is 2.30. The zero-order valence-electron chi connectivity index (χ0n) is 8.11. The Labute approximate surface area is 91.9 Å². The van der Waals surface area contributed by atoms with Gasteiger partial charge in [0.05, 0.1) is 10.5 Å². The highest BCUT2D eigenvalue weighted by Crippen LogP contribution is 2.24. The normalized spacial score (nSPS) is 11.4. The molecule has 0 amide bonds. The first-order valence-corrected chi connectivity index (χ1v) is 6.34. The number of halogens is 1. The van der Waals surface area contributed by atoms with Crippen LogP contribution in [0.2, 0.25) is 0 Å². The van der Waals surface area contributed by atoms with Crippen molar-refractivity contribution < 1.29 is 18.3 Å². The summed E-state index contributed by atoms with van der Waals surface area (Å²) in [6.07, 6.45) is 0. The summed E-state index contributed by atoms with van der Waals surface area (Å²) < 4.78 is 22.2. The Morgan fingerprint density at radius 3 is 2.27 bits per heavy atom. The van der Waals surface area contributed by atoms with E-state index < -0.39 is 15.0 Å². The van der Waals surface area contributed by atoms with Crippen LogP contribution in [0.25, 0.3) is 0 Å². The Hall–Kier alpha value is -1.07. The summed E-state index contributed by atoms with van der Waals surface area (Å²) in [6.45, 7) is 3.02. The van der Waals surface area contributed by atoms with E-state index in [2.05, 4.69) is 0 Å². The van der Waals surface area contributed by atoms with Crippen molar-refractivity contribution in [1.29, 1.82) is 0 Å². The second-order valence-electron chi connectivity index (χ2n) is 3.12. The van der Waals surface area contributed by atoms with E-state index in [1.54, 1.807) is 6.92 Å². The molecule has 0 aliphatic heterocycles. The van der Waals surface area contributed by atoms with Gasteiger partial charge in [-0.05, 0) is 31.0 Å². The monoisotopic (exact) mass is 248 g/mol. The molecular weight excluding hydrogens is 240 g/mol. The largest absolute Gasteiger partial charge is 0.478 e.